The average molecular weight is 621 g/mol. The van der Waals surface area contributed by atoms with Crippen LogP contribution in [-0.2, 0) is 19.9 Å². The molecule has 2 amide bonds. The molecule has 2 atom stereocenters. The highest BCUT2D eigenvalue weighted by Gasteiger charge is 2.62. The van der Waals surface area contributed by atoms with Crippen molar-refractivity contribution >= 4 is 40.9 Å². The Morgan fingerprint density at radius 2 is 1.83 bits per heavy atom. The third-order valence-corrected chi connectivity index (χ3v) is 9.65. The van der Waals surface area contributed by atoms with Gasteiger partial charge in [-0.1, -0.05) is 35.3 Å². The van der Waals surface area contributed by atoms with E-state index < -0.39 is 16.7 Å². The van der Waals surface area contributed by atoms with Crippen LogP contribution in [0.4, 0.5) is 10.5 Å². The van der Waals surface area contributed by atoms with Crippen molar-refractivity contribution in [1.82, 2.24) is 20.0 Å². The maximum absolute atomic E-state index is 13.6. The zero-order chi connectivity index (χ0) is 30.2. The van der Waals surface area contributed by atoms with Gasteiger partial charge in [0, 0.05) is 45.0 Å². The molecule has 1 spiro atoms. The number of likely N-dealkylation sites (tertiary alicyclic amines) is 1. The lowest BCUT2D eigenvalue weighted by molar-refractivity contribution is -0.128. The normalized spacial score (nSPS) is 25.5. The number of benzene rings is 2. The molecule has 3 fully saturated rings. The number of halogens is 2. The number of carbonyl (C=O) groups is 2. The molecule has 2 N–H and O–H groups in total. The van der Waals surface area contributed by atoms with Gasteiger partial charge in [0.15, 0.2) is 12.2 Å². The van der Waals surface area contributed by atoms with Crippen LogP contribution in [0.15, 0.2) is 42.5 Å². The molecule has 3 saturated heterocycles. The quantitative estimate of drug-likeness (QED) is 0.421. The Labute approximate surface area is 258 Å². The molecule has 0 radical (unpaired) electrons. The van der Waals surface area contributed by atoms with E-state index in [0.29, 0.717) is 66.7 Å². The fraction of sp³-hybridized carbons (Fsp3) is 0.548. The number of amides is 2. The number of nitrogens with zero attached hydrogens (tertiary/aromatic N) is 2. The first-order valence-corrected chi connectivity index (χ1v) is 15.3. The Morgan fingerprint density at radius 1 is 1.07 bits per heavy atom. The van der Waals surface area contributed by atoms with Crippen molar-refractivity contribution in [1.29, 1.82) is 0 Å². The molecule has 3 heterocycles. The van der Waals surface area contributed by atoms with Gasteiger partial charge in [0.2, 0.25) is 0 Å². The Bertz CT molecular complexity index is 1330. The second-order valence-electron chi connectivity index (χ2n) is 12.5. The van der Waals surface area contributed by atoms with Gasteiger partial charge in [0.25, 0.3) is 5.91 Å². The first-order chi connectivity index (χ1) is 19.9. The van der Waals surface area contributed by atoms with Crippen LogP contribution in [-0.4, -0.2) is 81.1 Å². The molecule has 0 aliphatic carbocycles. The number of ether oxygens (including phenoxy) is 3. The molecule has 2 aromatic carbocycles. The molecule has 2 unspecified atom stereocenters. The van der Waals surface area contributed by atoms with Crippen molar-refractivity contribution in [3.63, 3.8) is 0 Å². The molecule has 42 heavy (non-hydrogen) atoms. The molecular weight excluding hydrogens is 579 g/mol. The highest BCUT2D eigenvalue weighted by Crippen LogP contribution is 2.44. The molecule has 2 aromatic rings. The van der Waals surface area contributed by atoms with E-state index >= 15 is 0 Å². The van der Waals surface area contributed by atoms with Crippen LogP contribution >= 0.6 is 23.2 Å². The Hall–Kier alpha value is -2.56. The van der Waals surface area contributed by atoms with E-state index in [-0.39, 0.29) is 12.0 Å². The first-order valence-electron chi connectivity index (χ1n) is 14.5. The van der Waals surface area contributed by atoms with Crippen LogP contribution in [0.25, 0.3) is 0 Å². The average Bonchev–Trinajstić information content (AvgIpc) is 3.51. The second-order valence-corrected chi connectivity index (χ2v) is 13.3. The van der Waals surface area contributed by atoms with E-state index in [9.17, 15) is 9.59 Å². The highest BCUT2D eigenvalue weighted by atomic mass is 35.5. The number of carbonyl (C=O) groups excluding carboxylic acids is 2. The van der Waals surface area contributed by atoms with Crippen molar-refractivity contribution in [3.05, 3.63) is 58.1 Å². The third kappa shape index (κ3) is 5.69. The zero-order valence-corrected chi connectivity index (χ0v) is 26.3. The van der Waals surface area contributed by atoms with Crippen molar-refractivity contribution in [2.24, 2.45) is 0 Å². The number of piperidine rings is 1. The minimum absolute atomic E-state index is 0.0722. The smallest absolute Gasteiger partial charge is 0.410 e. The van der Waals surface area contributed by atoms with Crippen LogP contribution in [0.3, 0.4) is 0 Å². The lowest BCUT2D eigenvalue weighted by Gasteiger charge is -2.48. The van der Waals surface area contributed by atoms with Crippen molar-refractivity contribution in [2.75, 3.05) is 53.1 Å². The molecule has 9 nitrogen and oxygen atoms in total. The largest absolute Gasteiger partial charge is 0.497 e. The number of quaternary nitrogens is 1. The standard InChI is InChI=1S/C31H40Cl2N4O5/c1-29(2,3)42-28(39)36-15-12-31(20-36,22-8-9-25(32)26(33)18-22)41-17-16-37(23-6-5-7-24(19-23)40-4)21-35-27(38)30(37)10-13-34-14-11-30/h5-9,18-19,34H,10-17,20-21H2,1-4H3/p+1. The van der Waals surface area contributed by atoms with Crippen LogP contribution in [0.2, 0.25) is 10.0 Å². The van der Waals surface area contributed by atoms with Crippen LogP contribution < -0.4 is 19.9 Å². The molecule has 228 valence electrons. The maximum atomic E-state index is 13.6. The van der Waals surface area contributed by atoms with Crippen molar-refractivity contribution < 1.29 is 23.8 Å². The third-order valence-electron chi connectivity index (χ3n) is 8.91. The topological polar surface area (TPSA) is 89.1 Å². The van der Waals surface area contributed by atoms with Gasteiger partial charge in [-0.3, -0.25) is 9.28 Å². The summed E-state index contributed by atoms with van der Waals surface area (Å²) < 4.78 is 18.5. The summed E-state index contributed by atoms with van der Waals surface area (Å²) >= 11 is 12.7. The van der Waals surface area contributed by atoms with E-state index in [1.165, 1.54) is 0 Å². The Kier molecular flexibility index (Phi) is 8.71. The summed E-state index contributed by atoms with van der Waals surface area (Å²) in [5, 5.41) is 7.49. The predicted molar refractivity (Wildman–Crippen MR) is 164 cm³/mol. The number of methoxy groups -OCH3 is 1. The minimum Gasteiger partial charge on any atom is -0.497 e. The minimum atomic E-state index is -0.818. The molecule has 0 bridgehead atoms. The van der Waals surface area contributed by atoms with Crippen LogP contribution in [0.5, 0.6) is 5.75 Å². The van der Waals surface area contributed by atoms with Crippen molar-refractivity contribution in [3.8, 4) is 5.75 Å². The van der Waals surface area contributed by atoms with Crippen LogP contribution in [0.1, 0.15) is 45.6 Å². The van der Waals surface area contributed by atoms with Crippen molar-refractivity contribution in [2.45, 2.75) is 56.8 Å². The van der Waals surface area contributed by atoms with Gasteiger partial charge in [0.1, 0.15) is 29.2 Å². The van der Waals surface area contributed by atoms with Gasteiger partial charge in [-0.25, -0.2) is 4.79 Å². The summed E-state index contributed by atoms with van der Waals surface area (Å²) in [6, 6.07) is 13.5. The van der Waals surface area contributed by atoms with Gasteiger partial charge in [0.05, 0.1) is 30.3 Å². The molecule has 5 rings (SSSR count). The fourth-order valence-electron chi connectivity index (χ4n) is 6.73. The monoisotopic (exact) mass is 619 g/mol. The van der Waals surface area contributed by atoms with Gasteiger partial charge in [-0.05, 0) is 50.6 Å². The van der Waals surface area contributed by atoms with E-state index in [4.69, 9.17) is 37.4 Å². The summed E-state index contributed by atoms with van der Waals surface area (Å²) in [6.45, 7) is 9.20. The predicted octanol–water partition coefficient (Wildman–Crippen LogP) is 5.07. The maximum Gasteiger partial charge on any atom is 0.410 e. The van der Waals surface area contributed by atoms with E-state index in [2.05, 4.69) is 16.7 Å². The Morgan fingerprint density at radius 3 is 2.52 bits per heavy atom. The zero-order valence-electron chi connectivity index (χ0n) is 24.8. The SMILES string of the molecule is COc1cccc([N+]2(CCOC3(c4ccc(Cl)c(Cl)c4)CCN(C(=O)OC(C)(C)C)C3)CNC(=O)C23CCNCC3)c1. The molecule has 0 aromatic heterocycles. The molecular formula is C31H41Cl2N4O5+. The Balaban J connectivity index is 1.47. The lowest BCUT2D eigenvalue weighted by Crippen LogP contribution is -2.68. The number of nitrogens with one attached hydrogen (secondary N) is 2. The fourth-order valence-corrected chi connectivity index (χ4v) is 7.03. The molecule has 11 heteroatoms. The van der Waals surface area contributed by atoms with Gasteiger partial charge >= 0.3 is 6.09 Å². The van der Waals surface area contributed by atoms with E-state index in [1.54, 1.807) is 18.1 Å². The summed E-state index contributed by atoms with van der Waals surface area (Å²) in [7, 11) is 1.65. The van der Waals surface area contributed by atoms with E-state index in [0.717, 1.165) is 30.1 Å². The van der Waals surface area contributed by atoms with Gasteiger partial charge in [-0.2, -0.15) is 0 Å². The highest BCUT2D eigenvalue weighted by molar-refractivity contribution is 6.42. The molecule has 3 aliphatic rings. The number of hydrogen-bond acceptors (Lipinski definition) is 6. The second kappa shape index (κ2) is 11.8. The van der Waals surface area contributed by atoms with Gasteiger partial charge in [-0.15, -0.1) is 0 Å². The van der Waals surface area contributed by atoms with Crippen LogP contribution in [0, 0.1) is 0 Å². The molecule has 0 saturated carbocycles. The van der Waals surface area contributed by atoms with E-state index in [1.807, 2.05) is 51.1 Å². The van der Waals surface area contributed by atoms with Gasteiger partial charge < -0.3 is 29.7 Å². The molecule has 3 aliphatic heterocycles. The summed E-state index contributed by atoms with van der Waals surface area (Å²) in [6.07, 6.45) is 1.60. The summed E-state index contributed by atoms with van der Waals surface area (Å²) in [4.78, 5) is 28.3. The lowest BCUT2D eigenvalue weighted by atomic mass is 9.83. The number of hydrogen-bond donors (Lipinski definition) is 2. The summed E-state index contributed by atoms with van der Waals surface area (Å²) in [5.74, 6) is 0.813. The first kappa shape index (κ1) is 30.9. The summed E-state index contributed by atoms with van der Waals surface area (Å²) in [5.41, 5.74) is -0.206. The number of rotatable bonds is 7.